The Balaban J connectivity index is 1.68. The average Bonchev–Trinajstić information content (AvgIpc) is 3.20. The van der Waals surface area contributed by atoms with Crippen molar-refractivity contribution in [3.8, 4) is 5.75 Å². The lowest BCUT2D eigenvalue weighted by molar-refractivity contribution is 0.00717. The van der Waals surface area contributed by atoms with Gasteiger partial charge in [-0.25, -0.2) is 4.98 Å². The second-order valence-corrected chi connectivity index (χ2v) is 6.36. The molecule has 144 valence electrons. The molecule has 1 aromatic heterocycles. The molecule has 2 heterocycles. The molecule has 0 fully saturated rings. The van der Waals surface area contributed by atoms with Crippen LogP contribution in [0.4, 0.5) is 11.8 Å². The Kier molecular flexibility index (Phi) is 4.86. The number of hydrogen-bond acceptors (Lipinski definition) is 8. The molecule has 4 rings (SSSR count). The van der Waals surface area contributed by atoms with E-state index in [-0.39, 0.29) is 18.6 Å². The van der Waals surface area contributed by atoms with Crippen LogP contribution in [0.15, 0.2) is 60.6 Å². The fourth-order valence-corrected chi connectivity index (χ4v) is 3.12. The van der Waals surface area contributed by atoms with E-state index in [4.69, 9.17) is 25.7 Å². The highest BCUT2D eigenvalue weighted by atomic mass is 16.7. The SMILES string of the molecule is Nc1nc(N)c2c(OC(C3=COCO3)C(O)Cc3ccccc3)cccc2n1. The second-order valence-electron chi connectivity index (χ2n) is 6.36. The largest absolute Gasteiger partial charge is 0.479 e. The molecule has 1 aliphatic heterocycles. The molecule has 28 heavy (non-hydrogen) atoms. The number of anilines is 2. The van der Waals surface area contributed by atoms with Crippen LogP contribution in [0.25, 0.3) is 10.9 Å². The van der Waals surface area contributed by atoms with Crippen molar-refractivity contribution in [3.63, 3.8) is 0 Å². The Morgan fingerprint density at radius 3 is 2.64 bits per heavy atom. The maximum atomic E-state index is 10.9. The normalized spacial score (nSPS) is 15.4. The Morgan fingerprint density at radius 1 is 1.07 bits per heavy atom. The molecular formula is C20H20N4O4. The molecule has 2 atom stereocenters. The fourth-order valence-electron chi connectivity index (χ4n) is 3.12. The maximum Gasteiger partial charge on any atom is 0.230 e. The number of benzene rings is 2. The van der Waals surface area contributed by atoms with E-state index in [9.17, 15) is 5.11 Å². The summed E-state index contributed by atoms with van der Waals surface area (Å²) < 4.78 is 16.8. The van der Waals surface area contributed by atoms with Crippen LogP contribution in [0.2, 0.25) is 0 Å². The third kappa shape index (κ3) is 3.63. The molecule has 0 saturated carbocycles. The average molecular weight is 380 g/mol. The van der Waals surface area contributed by atoms with Crippen molar-refractivity contribution in [1.82, 2.24) is 9.97 Å². The standard InChI is InChI=1S/C20H20N4O4/c21-19-17-13(23-20(22)24-19)7-4-8-15(17)28-18(16-10-26-11-27-16)14(25)9-12-5-2-1-3-6-12/h1-8,10,14,18,25H,9,11H2,(H4,21,22,23,24). The molecule has 0 spiro atoms. The monoisotopic (exact) mass is 380 g/mol. The zero-order valence-corrected chi connectivity index (χ0v) is 15.0. The van der Waals surface area contributed by atoms with Crippen LogP contribution >= 0.6 is 0 Å². The molecule has 3 aromatic rings. The summed E-state index contributed by atoms with van der Waals surface area (Å²) in [5, 5.41) is 11.4. The molecule has 0 saturated heterocycles. The zero-order chi connectivity index (χ0) is 19.5. The highest BCUT2D eigenvalue weighted by Gasteiger charge is 2.30. The minimum atomic E-state index is -0.887. The van der Waals surface area contributed by atoms with Crippen molar-refractivity contribution in [2.24, 2.45) is 0 Å². The Labute approximate surface area is 161 Å². The second kappa shape index (κ2) is 7.61. The Morgan fingerprint density at radius 2 is 1.89 bits per heavy atom. The van der Waals surface area contributed by atoms with Gasteiger partial charge in [-0.1, -0.05) is 36.4 Å². The highest BCUT2D eigenvalue weighted by molar-refractivity contribution is 5.94. The van der Waals surface area contributed by atoms with Gasteiger partial charge in [0.25, 0.3) is 0 Å². The summed E-state index contributed by atoms with van der Waals surface area (Å²) in [6, 6.07) is 14.9. The third-order valence-electron chi connectivity index (χ3n) is 4.39. The first-order valence-electron chi connectivity index (χ1n) is 8.76. The molecule has 0 bridgehead atoms. The van der Waals surface area contributed by atoms with Crippen LogP contribution in [0, 0.1) is 0 Å². The number of aromatic nitrogens is 2. The van der Waals surface area contributed by atoms with Crippen LogP contribution in [0.3, 0.4) is 0 Å². The summed E-state index contributed by atoms with van der Waals surface area (Å²) in [6.45, 7) is 0.0740. The molecule has 2 aromatic carbocycles. The first-order valence-corrected chi connectivity index (χ1v) is 8.76. The van der Waals surface area contributed by atoms with Crippen LogP contribution in [-0.4, -0.2) is 34.1 Å². The van der Waals surface area contributed by atoms with Crippen molar-refractivity contribution in [1.29, 1.82) is 0 Å². The van der Waals surface area contributed by atoms with E-state index in [0.29, 0.717) is 28.8 Å². The number of ether oxygens (including phenoxy) is 3. The minimum absolute atomic E-state index is 0.0740. The molecule has 5 N–H and O–H groups in total. The van der Waals surface area contributed by atoms with Crippen molar-refractivity contribution < 1.29 is 19.3 Å². The molecule has 8 nitrogen and oxygen atoms in total. The van der Waals surface area contributed by atoms with E-state index in [1.807, 2.05) is 30.3 Å². The van der Waals surface area contributed by atoms with E-state index in [0.717, 1.165) is 5.56 Å². The Bertz CT molecular complexity index is 1010. The van der Waals surface area contributed by atoms with Gasteiger partial charge in [-0.2, -0.15) is 4.98 Å². The van der Waals surface area contributed by atoms with E-state index < -0.39 is 12.2 Å². The molecule has 0 aliphatic carbocycles. The fraction of sp³-hybridized carbons (Fsp3) is 0.200. The number of aliphatic hydroxyl groups excluding tert-OH is 1. The maximum absolute atomic E-state index is 10.9. The van der Waals surface area contributed by atoms with Gasteiger partial charge in [-0.15, -0.1) is 0 Å². The number of fused-ring (bicyclic) bond motifs is 1. The van der Waals surface area contributed by atoms with Crippen LogP contribution in [0.1, 0.15) is 5.56 Å². The number of nitrogens with two attached hydrogens (primary N) is 2. The number of aliphatic hydroxyl groups is 1. The third-order valence-corrected chi connectivity index (χ3v) is 4.39. The summed E-state index contributed by atoms with van der Waals surface area (Å²) in [4.78, 5) is 8.20. The first kappa shape index (κ1) is 17.9. The van der Waals surface area contributed by atoms with Gasteiger partial charge in [0.05, 0.1) is 10.9 Å². The van der Waals surface area contributed by atoms with Gasteiger partial charge in [0, 0.05) is 6.42 Å². The van der Waals surface area contributed by atoms with E-state index in [1.54, 1.807) is 18.2 Å². The van der Waals surface area contributed by atoms with Crippen molar-refractivity contribution in [2.45, 2.75) is 18.6 Å². The zero-order valence-electron chi connectivity index (χ0n) is 15.0. The molecule has 1 aliphatic rings. The van der Waals surface area contributed by atoms with Gasteiger partial charge in [0.15, 0.2) is 11.9 Å². The van der Waals surface area contributed by atoms with Gasteiger partial charge in [-0.05, 0) is 17.7 Å². The number of hydrogen-bond donors (Lipinski definition) is 3. The topological polar surface area (TPSA) is 126 Å². The first-order chi connectivity index (χ1) is 13.6. The van der Waals surface area contributed by atoms with E-state index >= 15 is 0 Å². The predicted molar refractivity (Wildman–Crippen MR) is 104 cm³/mol. The molecular weight excluding hydrogens is 360 g/mol. The van der Waals surface area contributed by atoms with E-state index in [1.165, 1.54) is 6.26 Å². The van der Waals surface area contributed by atoms with Crippen molar-refractivity contribution in [3.05, 3.63) is 66.1 Å². The lowest BCUT2D eigenvalue weighted by Gasteiger charge is -2.25. The van der Waals surface area contributed by atoms with Gasteiger partial charge in [0.1, 0.15) is 23.9 Å². The lowest BCUT2D eigenvalue weighted by atomic mass is 10.0. The molecule has 0 radical (unpaired) electrons. The Hall–Kier alpha value is -3.52. The van der Waals surface area contributed by atoms with Crippen LogP contribution in [-0.2, 0) is 15.9 Å². The minimum Gasteiger partial charge on any atom is -0.479 e. The number of nitrogen functional groups attached to an aromatic ring is 2. The van der Waals surface area contributed by atoms with Crippen molar-refractivity contribution >= 4 is 22.7 Å². The molecule has 2 unspecified atom stereocenters. The highest BCUT2D eigenvalue weighted by Crippen LogP contribution is 2.32. The number of nitrogens with zero attached hydrogens (tertiary/aromatic N) is 2. The summed E-state index contributed by atoms with van der Waals surface area (Å²) in [5.74, 6) is 1.10. The smallest absolute Gasteiger partial charge is 0.230 e. The van der Waals surface area contributed by atoms with Crippen LogP contribution in [0.5, 0.6) is 5.75 Å². The van der Waals surface area contributed by atoms with Gasteiger partial charge < -0.3 is 30.8 Å². The summed E-state index contributed by atoms with van der Waals surface area (Å²) in [6.07, 6.45) is 0.129. The van der Waals surface area contributed by atoms with Gasteiger partial charge in [-0.3, -0.25) is 0 Å². The summed E-state index contributed by atoms with van der Waals surface area (Å²) >= 11 is 0. The molecule has 8 heteroatoms. The molecule has 0 amide bonds. The van der Waals surface area contributed by atoms with Gasteiger partial charge >= 0.3 is 0 Å². The summed E-state index contributed by atoms with van der Waals surface area (Å²) in [5.41, 5.74) is 13.2. The quantitative estimate of drug-likeness (QED) is 0.593. The number of rotatable bonds is 6. The summed E-state index contributed by atoms with van der Waals surface area (Å²) in [7, 11) is 0. The van der Waals surface area contributed by atoms with Crippen molar-refractivity contribution in [2.75, 3.05) is 18.3 Å². The van der Waals surface area contributed by atoms with Crippen LogP contribution < -0.4 is 16.2 Å². The lowest BCUT2D eigenvalue weighted by Crippen LogP contribution is -2.35. The van der Waals surface area contributed by atoms with Gasteiger partial charge in [0.2, 0.25) is 12.7 Å². The predicted octanol–water partition coefficient (Wildman–Crippen LogP) is 1.99. The van der Waals surface area contributed by atoms with E-state index in [2.05, 4.69) is 9.97 Å².